The second-order valence-electron chi connectivity index (χ2n) is 3.76. The molecule has 1 aromatic carbocycles. The number of aromatic nitrogens is 3. The number of fused-ring (bicyclic) bond motifs is 1. The van der Waals surface area contributed by atoms with E-state index in [0.29, 0.717) is 5.78 Å². The van der Waals surface area contributed by atoms with Crippen molar-refractivity contribution in [3.05, 3.63) is 47.9 Å². The van der Waals surface area contributed by atoms with Crippen molar-refractivity contribution in [3.63, 3.8) is 0 Å². The summed E-state index contributed by atoms with van der Waals surface area (Å²) in [5.41, 5.74) is 2.26. The Hall–Kier alpha value is -3.05. The highest BCUT2D eigenvalue weighted by molar-refractivity contribution is 5.63. The maximum absolute atomic E-state index is 9.04. The Labute approximate surface area is 103 Å². The van der Waals surface area contributed by atoms with Crippen LogP contribution in [0.4, 0.5) is 0 Å². The number of benzene rings is 1. The van der Waals surface area contributed by atoms with Gasteiger partial charge in [-0.1, -0.05) is 30.3 Å². The molecule has 3 aromatic rings. The number of rotatable bonds is 1. The fraction of sp³-hybridized carbons (Fsp3) is 0. The van der Waals surface area contributed by atoms with Crippen molar-refractivity contribution in [3.8, 4) is 23.4 Å². The van der Waals surface area contributed by atoms with Crippen molar-refractivity contribution in [2.75, 3.05) is 0 Å². The summed E-state index contributed by atoms with van der Waals surface area (Å²) in [6, 6.07) is 13.6. The number of nitriles is 2. The molecule has 2 aromatic heterocycles. The molecule has 0 spiro atoms. The summed E-state index contributed by atoms with van der Waals surface area (Å²) in [5.74, 6) is 0.502. The fourth-order valence-electron chi connectivity index (χ4n) is 1.88. The number of hydrogen-bond acceptors (Lipinski definition) is 3. The average molecular weight is 233 g/mol. The number of nitrogens with one attached hydrogen (secondary N) is 1. The van der Waals surface area contributed by atoms with E-state index < -0.39 is 0 Å². The van der Waals surface area contributed by atoms with Gasteiger partial charge in [-0.25, -0.2) is 4.98 Å². The minimum absolute atomic E-state index is 0.142. The molecule has 0 aliphatic rings. The van der Waals surface area contributed by atoms with Crippen molar-refractivity contribution >= 4 is 5.78 Å². The van der Waals surface area contributed by atoms with Gasteiger partial charge < -0.3 is 4.98 Å². The van der Waals surface area contributed by atoms with E-state index in [1.165, 1.54) is 0 Å². The Morgan fingerprint density at radius 3 is 2.56 bits per heavy atom. The number of H-pyrrole nitrogens is 1. The lowest BCUT2D eigenvalue weighted by atomic mass is 10.2. The van der Waals surface area contributed by atoms with Crippen molar-refractivity contribution < 1.29 is 0 Å². The van der Waals surface area contributed by atoms with E-state index in [-0.39, 0.29) is 11.4 Å². The highest BCUT2D eigenvalue weighted by Gasteiger charge is 2.14. The molecule has 0 aliphatic heterocycles. The van der Waals surface area contributed by atoms with Gasteiger partial charge in [0.05, 0.1) is 5.69 Å². The molecule has 0 fully saturated rings. The van der Waals surface area contributed by atoms with Crippen molar-refractivity contribution in [1.29, 1.82) is 10.5 Å². The van der Waals surface area contributed by atoms with Crippen molar-refractivity contribution in [2.45, 2.75) is 0 Å². The first-order valence-corrected chi connectivity index (χ1v) is 5.30. The van der Waals surface area contributed by atoms with E-state index in [1.54, 1.807) is 10.6 Å². The topological polar surface area (TPSA) is 80.7 Å². The molecule has 0 saturated heterocycles. The van der Waals surface area contributed by atoms with Crippen LogP contribution in [-0.2, 0) is 0 Å². The summed E-state index contributed by atoms with van der Waals surface area (Å²) < 4.78 is 1.60. The van der Waals surface area contributed by atoms with Crippen molar-refractivity contribution in [1.82, 2.24) is 14.4 Å². The maximum Gasteiger partial charge on any atom is 0.214 e. The molecule has 1 N–H and O–H groups in total. The zero-order chi connectivity index (χ0) is 12.5. The number of nitrogens with zero attached hydrogens (tertiary/aromatic N) is 4. The van der Waals surface area contributed by atoms with Crippen LogP contribution in [0.25, 0.3) is 17.0 Å². The number of imidazole rings is 2. The first-order valence-electron chi connectivity index (χ1n) is 5.30. The van der Waals surface area contributed by atoms with Crippen LogP contribution in [0.3, 0.4) is 0 Å². The SMILES string of the molecule is N#Cc1nc2[nH]c(-c3ccccc3)cn2c1C#N. The molecule has 0 bridgehead atoms. The van der Waals surface area contributed by atoms with Crippen molar-refractivity contribution in [2.24, 2.45) is 0 Å². The molecule has 0 atom stereocenters. The van der Waals surface area contributed by atoms with Gasteiger partial charge in [-0.3, -0.25) is 4.40 Å². The molecule has 18 heavy (non-hydrogen) atoms. The summed E-state index contributed by atoms with van der Waals surface area (Å²) in [6.45, 7) is 0. The summed E-state index contributed by atoms with van der Waals surface area (Å²) >= 11 is 0. The smallest absolute Gasteiger partial charge is 0.214 e. The van der Waals surface area contributed by atoms with Gasteiger partial charge in [0.2, 0.25) is 5.78 Å². The predicted octanol–water partition coefficient (Wildman–Crippen LogP) is 2.07. The van der Waals surface area contributed by atoms with Gasteiger partial charge in [0.15, 0.2) is 11.4 Å². The van der Waals surface area contributed by atoms with Crippen LogP contribution < -0.4 is 0 Å². The Morgan fingerprint density at radius 1 is 1.11 bits per heavy atom. The van der Waals surface area contributed by atoms with Crippen LogP contribution in [0.1, 0.15) is 11.4 Å². The van der Waals surface area contributed by atoms with E-state index in [9.17, 15) is 0 Å². The van der Waals surface area contributed by atoms with Gasteiger partial charge in [0.25, 0.3) is 0 Å². The molecule has 0 amide bonds. The zero-order valence-electron chi connectivity index (χ0n) is 9.25. The first kappa shape index (κ1) is 10.1. The van der Waals surface area contributed by atoms with Crippen LogP contribution in [-0.4, -0.2) is 14.4 Å². The lowest BCUT2D eigenvalue weighted by Crippen LogP contribution is -1.85. The first-order chi connectivity index (χ1) is 8.83. The highest BCUT2D eigenvalue weighted by Crippen LogP contribution is 2.20. The molecule has 0 unspecified atom stereocenters. The molecule has 2 heterocycles. The minimum Gasteiger partial charge on any atom is -0.323 e. The second-order valence-corrected chi connectivity index (χ2v) is 3.76. The quantitative estimate of drug-likeness (QED) is 0.698. The van der Waals surface area contributed by atoms with E-state index in [0.717, 1.165) is 11.3 Å². The van der Waals surface area contributed by atoms with E-state index >= 15 is 0 Å². The largest absolute Gasteiger partial charge is 0.323 e. The van der Waals surface area contributed by atoms with E-state index in [4.69, 9.17) is 10.5 Å². The molecule has 5 nitrogen and oxygen atoms in total. The predicted molar refractivity (Wildman–Crippen MR) is 64.4 cm³/mol. The average Bonchev–Trinajstić information content (AvgIpc) is 2.96. The number of hydrogen-bond donors (Lipinski definition) is 1. The van der Waals surface area contributed by atoms with Gasteiger partial charge in [-0.2, -0.15) is 10.5 Å². The lowest BCUT2D eigenvalue weighted by molar-refractivity contribution is 1.17. The summed E-state index contributed by atoms with van der Waals surface area (Å²) in [7, 11) is 0. The van der Waals surface area contributed by atoms with E-state index in [2.05, 4.69) is 9.97 Å². The summed E-state index contributed by atoms with van der Waals surface area (Å²) in [5, 5.41) is 17.9. The van der Waals surface area contributed by atoms with Gasteiger partial charge in [-0.05, 0) is 5.56 Å². The van der Waals surface area contributed by atoms with E-state index in [1.807, 2.05) is 42.5 Å². The van der Waals surface area contributed by atoms with Crippen LogP contribution in [0.5, 0.6) is 0 Å². The Balaban J connectivity index is 2.23. The maximum atomic E-state index is 9.04. The van der Waals surface area contributed by atoms with Crippen LogP contribution in [0.2, 0.25) is 0 Å². The molecular weight excluding hydrogens is 226 g/mol. The van der Waals surface area contributed by atoms with Gasteiger partial charge >= 0.3 is 0 Å². The molecule has 0 aliphatic carbocycles. The third kappa shape index (κ3) is 1.35. The van der Waals surface area contributed by atoms with Gasteiger partial charge in [0.1, 0.15) is 12.1 Å². The lowest BCUT2D eigenvalue weighted by Gasteiger charge is -1.94. The molecule has 5 heteroatoms. The molecular formula is C13H7N5. The van der Waals surface area contributed by atoms with Crippen LogP contribution in [0, 0.1) is 22.7 Å². The standard InChI is InChI=1S/C13H7N5/c14-6-10-12(7-15)18-8-11(17-13(18)16-10)9-4-2-1-3-5-9/h1-5,8H,(H,16,17). The molecule has 84 valence electrons. The summed E-state index contributed by atoms with van der Waals surface area (Å²) in [6.07, 6.45) is 1.77. The molecule has 3 rings (SSSR count). The highest BCUT2D eigenvalue weighted by atomic mass is 15.1. The Kier molecular flexibility index (Phi) is 2.11. The second kappa shape index (κ2) is 3.76. The minimum atomic E-state index is 0.142. The number of aromatic amines is 1. The molecule has 0 radical (unpaired) electrons. The van der Waals surface area contributed by atoms with Crippen LogP contribution in [0.15, 0.2) is 36.5 Å². The normalized spacial score (nSPS) is 10.1. The molecule has 0 saturated carbocycles. The monoisotopic (exact) mass is 233 g/mol. The zero-order valence-corrected chi connectivity index (χ0v) is 9.25. The van der Waals surface area contributed by atoms with Gasteiger partial charge in [0, 0.05) is 6.20 Å². The third-order valence-corrected chi connectivity index (χ3v) is 2.71. The third-order valence-electron chi connectivity index (χ3n) is 2.71. The Morgan fingerprint density at radius 2 is 1.89 bits per heavy atom. The Bertz CT molecular complexity index is 796. The van der Waals surface area contributed by atoms with Gasteiger partial charge in [-0.15, -0.1) is 0 Å². The summed E-state index contributed by atoms with van der Waals surface area (Å²) in [4.78, 5) is 7.16. The fourth-order valence-corrected chi connectivity index (χ4v) is 1.88. The van der Waals surface area contributed by atoms with Crippen LogP contribution >= 0.6 is 0 Å².